The summed E-state index contributed by atoms with van der Waals surface area (Å²) < 4.78 is 46.1. The summed E-state index contributed by atoms with van der Waals surface area (Å²) in [4.78, 5) is 3.73. The molecule has 1 aromatic rings. The monoisotopic (exact) mass is 298 g/mol. The van der Waals surface area contributed by atoms with Crippen LogP contribution in [0.2, 0.25) is 0 Å². The van der Waals surface area contributed by atoms with Gasteiger partial charge in [0.15, 0.2) is 5.82 Å². The summed E-state index contributed by atoms with van der Waals surface area (Å²) in [6.07, 6.45) is 2.89. The zero-order valence-corrected chi connectivity index (χ0v) is 11.5. The summed E-state index contributed by atoms with van der Waals surface area (Å²) in [5, 5.41) is 0. The number of sulfonamides is 2. The molecule has 0 aliphatic rings. The van der Waals surface area contributed by atoms with E-state index in [1.807, 2.05) is 0 Å². The average Bonchev–Trinajstić information content (AvgIpc) is 2.13. The molecule has 0 aliphatic heterocycles. The Morgan fingerprint density at radius 3 is 2.18 bits per heavy atom. The molecule has 0 aliphatic carbocycles. The van der Waals surface area contributed by atoms with Crippen LogP contribution in [0.5, 0.6) is 0 Å². The van der Waals surface area contributed by atoms with Gasteiger partial charge in [-0.05, 0) is 17.7 Å². The zero-order chi connectivity index (χ0) is 13.3. The summed E-state index contributed by atoms with van der Waals surface area (Å²) in [5.74, 6) is -0.0511. The fraction of sp³-hybridized carbons (Fsp3) is 0.375. The van der Waals surface area contributed by atoms with Crippen LogP contribution in [0.4, 0.5) is 5.82 Å². The second-order valence-corrected chi connectivity index (χ2v) is 7.54. The van der Waals surface area contributed by atoms with Crippen molar-refractivity contribution in [2.24, 2.45) is 0 Å². The number of halogens is 1. The van der Waals surface area contributed by atoms with Crippen LogP contribution >= 0.6 is 11.6 Å². The lowest BCUT2D eigenvalue weighted by Gasteiger charge is -2.18. The first-order valence-corrected chi connectivity index (χ1v) is 8.61. The molecule has 0 N–H and O–H groups in total. The minimum Gasteiger partial charge on any atom is -0.237 e. The third-order valence-corrected chi connectivity index (χ3v) is 5.27. The highest BCUT2D eigenvalue weighted by molar-refractivity contribution is 8.09. The highest BCUT2D eigenvalue weighted by Crippen LogP contribution is 2.19. The van der Waals surface area contributed by atoms with Crippen molar-refractivity contribution in [3.63, 3.8) is 0 Å². The van der Waals surface area contributed by atoms with E-state index < -0.39 is 20.0 Å². The number of rotatable bonds is 4. The van der Waals surface area contributed by atoms with Gasteiger partial charge in [0.2, 0.25) is 20.0 Å². The summed E-state index contributed by atoms with van der Waals surface area (Å²) in [6, 6.07) is 2.88. The largest absolute Gasteiger partial charge is 0.246 e. The summed E-state index contributed by atoms with van der Waals surface area (Å²) in [7, 11) is -7.92. The Kier molecular flexibility index (Phi) is 4.00. The first-order valence-electron chi connectivity index (χ1n) is 4.37. The molecule has 0 atom stereocenters. The van der Waals surface area contributed by atoms with Gasteiger partial charge in [0, 0.05) is 12.1 Å². The minimum absolute atomic E-state index is 0.136. The molecule has 9 heteroatoms. The standard InChI is InChI=1S/C8H11ClN2O4S2/c1-16(12,13)11(17(2,14)15)8-5-7(6-9)3-4-10-8/h3-5H,6H2,1-2H3. The van der Waals surface area contributed by atoms with Crippen molar-refractivity contribution >= 4 is 37.5 Å². The predicted octanol–water partition coefficient (Wildman–Crippen LogP) is 0.546. The van der Waals surface area contributed by atoms with Gasteiger partial charge in [-0.15, -0.1) is 15.3 Å². The first kappa shape index (κ1) is 14.2. The molecule has 0 bridgehead atoms. The van der Waals surface area contributed by atoms with E-state index in [9.17, 15) is 16.8 Å². The normalized spacial score (nSPS) is 12.4. The molecule has 0 unspecified atom stereocenters. The van der Waals surface area contributed by atoms with E-state index in [-0.39, 0.29) is 15.4 Å². The van der Waals surface area contributed by atoms with Crippen molar-refractivity contribution in [3.05, 3.63) is 23.9 Å². The Morgan fingerprint density at radius 2 is 1.76 bits per heavy atom. The number of hydrogen-bond acceptors (Lipinski definition) is 5. The fourth-order valence-electron chi connectivity index (χ4n) is 1.23. The summed E-state index contributed by atoms with van der Waals surface area (Å²) in [6.45, 7) is 0. The number of pyridine rings is 1. The molecule has 96 valence electrons. The van der Waals surface area contributed by atoms with Crippen molar-refractivity contribution in [3.8, 4) is 0 Å². The van der Waals surface area contributed by atoms with Gasteiger partial charge in [0.25, 0.3) is 0 Å². The van der Waals surface area contributed by atoms with Gasteiger partial charge < -0.3 is 0 Å². The number of anilines is 1. The predicted molar refractivity (Wildman–Crippen MR) is 66.0 cm³/mol. The van der Waals surface area contributed by atoms with Crippen LogP contribution in [0.3, 0.4) is 0 Å². The van der Waals surface area contributed by atoms with E-state index in [1.54, 1.807) is 6.07 Å². The lowest BCUT2D eigenvalue weighted by Crippen LogP contribution is -2.35. The topological polar surface area (TPSA) is 84.4 Å². The molecule has 0 aromatic carbocycles. The van der Waals surface area contributed by atoms with E-state index in [4.69, 9.17) is 11.6 Å². The highest BCUT2D eigenvalue weighted by atomic mass is 35.5. The van der Waals surface area contributed by atoms with Gasteiger partial charge >= 0.3 is 0 Å². The molecule has 6 nitrogen and oxygen atoms in total. The Labute approximate surface area is 105 Å². The van der Waals surface area contributed by atoms with Crippen molar-refractivity contribution < 1.29 is 16.8 Å². The number of hydrogen-bond donors (Lipinski definition) is 0. The quantitative estimate of drug-likeness (QED) is 0.758. The zero-order valence-electron chi connectivity index (χ0n) is 9.16. The second kappa shape index (κ2) is 4.79. The summed E-state index contributed by atoms with van der Waals surface area (Å²) >= 11 is 5.59. The van der Waals surface area contributed by atoms with E-state index >= 15 is 0 Å². The van der Waals surface area contributed by atoms with Gasteiger partial charge in [-0.2, -0.15) is 0 Å². The molecule has 0 fully saturated rings. The Hall–Kier alpha value is -0.860. The van der Waals surface area contributed by atoms with Crippen molar-refractivity contribution in [1.82, 2.24) is 4.98 Å². The van der Waals surface area contributed by atoms with Crippen LogP contribution < -0.4 is 3.71 Å². The van der Waals surface area contributed by atoms with Crippen LogP contribution in [-0.2, 0) is 25.9 Å². The second-order valence-electron chi connectivity index (χ2n) is 3.38. The molecule has 0 radical (unpaired) electrons. The molecule has 0 saturated heterocycles. The number of nitrogens with zero attached hydrogens (tertiary/aromatic N) is 2. The van der Waals surface area contributed by atoms with Crippen molar-refractivity contribution in [2.75, 3.05) is 16.2 Å². The van der Waals surface area contributed by atoms with Gasteiger partial charge in [-0.1, -0.05) is 0 Å². The first-order chi connectivity index (χ1) is 7.66. The lowest BCUT2D eigenvalue weighted by molar-refractivity contribution is 0.590. The average molecular weight is 299 g/mol. The highest BCUT2D eigenvalue weighted by Gasteiger charge is 2.28. The third kappa shape index (κ3) is 3.55. The fourth-order valence-corrected chi connectivity index (χ4v) is 4.24. The Balaban J connectivity index is 3.44. The van der Waals surface area contributed by atoms with Crippen LogP contribution in [0, 0.1) is 0 Å². The van der Waals surface area contributed by atoms with Crippen LogP contribution in [-0.4, -0.2) is 34.3 Å². The maximum atomic E-state index is 11.5. The van der Waals surface area contributed by atoms with Crippen LogP contribution in [0.1, 0.15) is 5.56 Å². The van der Waals surface area contributed by atoms with Gasteiger partial charge in [-0.3, -0.25) is 0 Å². The van der Waals surface area contributed by atoms with Crippen LogP contribution in [0.25, 0.3) is 0 Å². The smallest absolute Gasteiger partial charge is 0.237 e. The molecule has 0 amide bonds. The Bertz CT molecular complexity index is 580. The molecule has 17 heavy (non-hydrogen) atoms. The third-order valence-electron chi connectivity index (χ3n) is 1.75. The molecule has 1 aromatic heterocycles. The van der Waals surface area contributed by atoms with Crippen molar-refractivity contribution in [1.29, 1.82) is 0 Å². The molecular weight excluding hydrogens is 288 g/mol. The lowest BCUT2D eigenvalue weighted by atomic mass is 10.3. The van der Waals surface area contributed by atoms with E-state index in [1.165, 1.54) is 12.3 Å². The van der Waals surface area contributed by atoms with Crippen LogP contribution in [0.15, 0.2) is 18.3 Å². The minimum atomic E-state index is -3.96. The van der Waals surface area contributed by atoms with Crippen molar-refractivity contribution in [2.45, 2.75) is 5.88 Å². The Morgan fingerprint density at radius 1 is 1.24 bits per heavy atom. The van der Waals surface area contributed by atoms with E-state index in [2.05, 4.69) is 4.98 Å². The van der Waals surface area contributed by atoms with E-state index in [0.29, 0.717) is 5.56 Å². The van der Waals surface area contributed by atoms with E-state index in [0.717, 1.165) is 12.5 Å². The molecule has 1 rings (SSSR count). The maximum absolute atomic E-state index is 11.5. The summed E-state index contributed by atoms with van der Waals surface area (Å²) in [5.41, 5.74) is 0.578. The van der Waals surface area contributed by atoms with Gasteiger partial charge in [-0.25, -0.2) is 21.8 Å². The van der Waals surface area contributed by atoms with Gasteiger partial charge in [0.1, 0.15) is 0 Å². The molecular formula is C8H11ClN2O4S2. The molecule has 0 saturated carbocycles. The number of aromatic nitrogens is 1. The maximum Gasteiger partial charge on any atom is 0.246 e. The van der Waals surface area contributed by atoms with Gasteiger partial charge in [0.05, 0.1) is 12.5 Å². The molecule has 1 heterocycles. The molecule has 0 spiro atoms. The number of alkyl halides is 1. The SMILES string of the molecule is CS(=O)(=O)N(c1cc(CCl)ccn1)S(C)(=O)=O.